The molecule has 1 fully saturated rings. The summed E-state index contributed by atoms with van der Waals surface area (Å²) in [6.45, 7) is 2.04. The number of H-pyrrole nitrogens is 1. The molecule has 1 aliphatic heterocycles. The van der Waals surface area contributed by atoms with Gasteiger partial charge in [-0.1, -0.05) is 12.1 Å². The van der Waals surface area contributed by atoms with Gasteiger partial charge in [0.05, 0.1) is 23.6 Å². The van der Waals surface area contributed by atoms with Crippen LogP contribution in [0.3, 0.4) is 0 Å². The summed E-state index contributed by atoms with van der Waals surface area (Å²) in [5, 5.41) is 16.4. The van der Waals surface area contributed by atoms with Gasteiger partial charge in [-0.2, -0.15) is 10.2 Å². The van der Waals surface area contributed by atoms with Gasteiger partial charge in [0.2, 0.25) is 0 Å². The van der Waals surface area contributed by atoms with Gasteiger partial charge < -0.3 is 15.5 Å². The number of rotatable bonds is 4. The van der Waals surface area contributed by atoms with Gasteiger partial charge in [-0.15, -0.1) is 0 Å². The van der Waals surface area contributed by atoms with E-state index in [1.165, 1.54) is 0 Å². The maximum absolute atomic E-state index is 12.3. The lowest BCUT2D eigenvalue weighted by Gasteiger charge is -2.28. The minimum absolute atomic E-state index is 0.316. The molecule has 0 saturated carbocycles. The molecule has 2 aromatic heterocycles. The van der Waals surface area contributed by atoms with Crippen LogP contribution in [-0.2, 0) is 9.59 Å². The fourth-order valence-corrected chi connectivity index (χ4v) is 3.42. The van der Waals surface area contributed by atoms with Crippen molar-refractivity contribution in [2.45, 2.75) is 18.9 Å². The Morgan fingerprint density at radius 2 is 1.86 bits per heavy atom. The minimum Gasteiger partial charge on any atom is -0.318 e. The van der Waals surface area contributed by atoms with Crippen molar-refractivity contribution in [1.82, 2.24) is 24.9 Å². The Bertz CT molecular complexity index is 988. The summed E-state index contributed by atoms with van der Waals surface area (Å²) in [6, 6.07) is 9.34. The van der Waals surface area contributed by atoms with Crippen LogP contribution < -0.4 is 10.6 Å². The normalized spacial score (nSPS) is 15.2. The third-order valence-electron chi connectivity index (χ3n) is 5.06. The molecule has 3 N–H and O–H groups in total. The zero-order valence-corrected chi connectivity index (χ0v) is 16.1. The number of anilines is 2. The lowest BCUT2D eigenvalue weighted by Crippen LogP contribution is -2.31. The standard InChI is InChI=1S/C20H23N7O2/c1-26-9-6-17(7-10-26)27-13-16(12-22-27)24-20(29)19(28)23-15-4-2-3-14(11-15)18-5-8-21-25-18/h2-5,8,11-13,17H,6-7,9-10H2,1H3,(H,21,25)(H,23,28)(H,24,29). The first kappa shape index (κ1) is 18.9. The number of hydrogen-bond acceptors (Lipinski definition) is 5. The number of likely N-dealkylation sites (tertiary alicyclic amines) is 1. The van der Waals surface area contributed by atoms with Crippen molar-refractivity contribution < 1.29 is 9.59 Å². The van der Waals surface area contributed by atoms with Crippen molar-refractivity contribution >= 4 is 23.2 Å². The molecule has 9 nitrogen and oxygen atoms in total. The first-order valence-electron chi connectivity index (χ1n) is 9.53. The molecule has 1 aromatic carbocycles. The van der Waals surface area contributed by atoms with Crippen LogP contribution in [0.2, 0.25) is 0 Å². The van der Waals surface area contributed by atoms with E-state index in [2.05, 4.69) is 37.9 Å². The number of benzene rings is 1. The second-order valence-corrected chi connectivity index (χ2v) is 7.20. The highest BCUT2D eigenvalue weighted by molar-refractivity contribution is 6.43. The van der Waals surface area contributed by atoms with Crippen LogP contribution in [-0.4, -0.2) is 56.8 Å². The van der Waals surface area contributed by atoms with E-state index in [0.29, 0.717) is 17.4 Å². The highest BCUT2D eigenvalue weighted by atomic mass is 16.2. The van der Waals surface area contributed by atoms with Gasteiger partial charge >= 0.3 is 11.8 Å². The summed E-state index contributed by atoms with van der Waals surface area (Å²) < 4.78 is 1.87. The Labute approximate surface area is 168 Å². The zero-order valence-electron chi connectivity index (χ0n) is 16.1. The summed E-state index contributed by atoms with van der Waals surface area (Å²) in [4.78, 5) is 26.8. The molecular formula is C20H23N7O2. The average Bonchev–Trinajstić information content (AvgIpc) is 3.41. The molecule has 0 bridgehead atoms. The molecule has 0 spiro atoms. The third-order valence-corrected chi connectivity index (χ3v) is 5.06. The van der Waals surface area contributed by atoms with Crippen LogP contribution >= 0.6 is 0 Å². The molecule has 1 saturated heterocycles. The molecule has 3 heterocycles. The number of carbonyl (C=O) groups excluding carboxylic acids is 2. The second kappa shape index (κ2) is 8.27. The molecule has 9 heteroatoms. The first-order valence-corrected chi connectivity index (χ1v) is 9.53. The molecule has 0 aliphatic carbocycles. The van der Waals surface area contributed by atoms with Crippen LogP contribution in [0.4, 0.5) is 11.4 Å². The van der Waals surface area contributed by atoms with Gasteiger partial charge in [-0.25, -0.2) is 0 Å². The molecule has 1 aliphatic rings. The van der Waals surface area contributed by atoms with E-state index in [1.54, 1.807) is 36.8 Å². The smallest absolute Gasteiger partial charge is 0.314 e. The minimum atomic E-state index is -0.737. The third kappa shape index (κ3) is 4.52. The van der Waals surface area contributed by atoms with E-state index < -0.39 is 11.8 Å². The SMILES string of the molecule is CN1CCC(n2cc(NC(=O)C(=O)Nc3cccc(-c4ccn[nH]4)c3)cn2)CC1. The van der Waals surface area contributed by atoms with Gasteiger partial charge in [0, 0.05) is 23.6 Å². The molecule has 3 aromatic rings. The van der Waals surface area contributed by atoms with Gasteiger partial charge in [0.1, 0.15) is 0 Å². The Hall–Kier alpha value is -3.46. The predicted octanol–water partition coefficient (Wildman–Crippen LogP) is 2.12. The van der Waals surface area contributed by atoms with Crippen LogP contribution in [0.15, 0.2) is 48.9 Å². The highest BCUT2D eigenvalue weighted by Gasteiger charge is 2.20. The molecule has 4 rings (SSSR count). The van der Waals surface area contributed by atoms with Gasteiger partial charge in [-0.3, -0.25) is 19.4 Å². The predicted molar refractivity (Wildman–Crippen MR) is 109 cm³/mol. The van der Waals surface area contributed by atoms with E-state index in [4.69, 9.17) is 0 Å². The molecule has 2 amide bonds. The van der Waals surface area contributed by atoms with Crippen LogP contribution in [0.5, 0.6) is 0 Å². The topological polar surface area (TPSA) is 108 Å². The quantitative estimate of drug-likeness (QED) is 0.589. The number of amides is 2. The maximum Gasteiger partial charge on any atom is 0.314 e. The number of hydrogen-bond donors (Lipinski definition) is 3. The highest BCUT2D eigenvalue weighted by Crippen LogP contribution is 2.23. The summed E-state index contributed by atoms with van der Waals surface area (Å²) in [6.07, 6.45) is 7.03. The molecule has 0 radical (unpaired) electrons. The Morgan fingerprint density at radius 3 is 2.59 bits per heavy atom. The van der Waals surface area contributed by atoms with E-state index in [0.717, 1.165) is 37.2 Å². The van der Waals surface area contributed by atoms with Crippen LogP contribution in [0.1, 0.15) is 18.9 Å². The molecule has 150 valence electrons. The Kier molecular flexibility index (Phi) is 5.39. The number of nitrogens with zero attached hydrogens (tertiary/aromatic N) is 4. The largest absolute Gasteiger partial charge is 0.318 e. The first-order chi connectivity index (χ1) is 14.1. The fraction of sp³-hybridized carbons (Fsp3) is 0.300. The monoisotopic (exact) mass is 393 g/mol. The van der Waals surface area contributed by atoms with Crippen molar-refractivity contribution in [3.63, 3.8) is 0 Å². The summed E-state index contributed by atoms with van der Waals surface area (Å²) in [5.41, 5.74) is 2.72. The van der Waals surface area contributed by atoms with Gasteiger partial charge in [0.15, 0.2) is 0 Å². The van der Waals surface area contributed by atoms with E-state index >= 15 is 0 Å². The lowest BCUT2D eigenvalue weighted by atomic mass is 10.1. The van der Waals surface area contributed by atoms with Gasteiger partial charge in [0.25, 0.3) is 0 Å². The lowest BCUT2D eigenvalue weighted by molar-refractivity contribution is -0.132. The van der Waals surface area contributed by atoms with E-state index in [1.807, 2.05) is 16.8 Å². The summed E-state index contributed by atoms with van der Waals surface area (Å²) in [7, 11) is 2.11. The van der Waals surface area contributed by atoms with Gasteiger partial charge in [-0.05, 0) is 51.2 Å². The van der Waals surface area contributed by atoms with E-state index in [9.17, 15) is 9.59 Å². The summed E-state index contributed by atoms with van der Waals surface area (Å²) >= 11 is 0. The molecule has 0 atom stereocenters. The maximum atomic E-state index is 12.3. The molecule has 0 unspecified atom stereocenters. The van der Waals surface area contributed by atoms with Crippen molar-refractivity contribution in [1.29, 1.82) is 0 Å². The Morgan fingerprint density at radius 1 is 1.10 bits per heavy atom. The molecule has 29 heavy (non-hydrogen) atoms. The van der Waals surface area contributed by atoms with Crippen molar-refractivity contribution in [2.75, 3.05) is 30.8 Å². The summed E-state index contributed by atoms with van der Waals surface area (Å²) in [5.74, 6) is -1.47. The van der Waals surface area contributed by atoms with Crippen molar-refractivity contribution in [3.05, 3.63) is 48.9 Å². The zero-order chi connectivity index (χ0) is 20.2. The average molecular weight is 393 g/mol. The molecular weight excluding hydrogens is 370 g/mol. The number of nitrogens with one attached hydrogen (secondary N) is 3. The van der Waals surface area contributed by atoms with Crippen molar-refractivity contribution in [3.8, 4) is 11.3 Å². The fourth-order valence-electron chi connectivity index (χ4n) is 3.42. The number of aromatic nitrogens is 4. The van der Waals surface area contributed by atoms with E-state index in [-0.39, 0.29) is 0 Å². The Balaban J connectivity index is 1.36. The second-order valence-electron chi connectivity index (χ2n) is 7.20. The van der Waals surface area contributed by atoms with Crippen LogP contribution in [0, 0.1) is 0 Å². The number of piperidine rings is 1. The number of carbonyl (C=O) groups is 2. The van der Waals surface area contributed by atoms with Crippen molar-refractivity contribution in [2.24, 2.45) is 0 Å². The van der Waals surface area contributed by atoms with Crippen LogP contribution in [0.25, 0.3) is 11.3 Å². The number of aromatic amines is 1.